The van der Waals surface area contributed by atoms with Gasteiger partial charge in [0.15, 0.2) is 5.89 Å². The van der Waals surface area contributed by atoms with Crippen molar-refractivity contribution >= 4 is 17.3 Å². The number of aryl methyl sites for hydroxylation is 3. The number of aromatic nitrogens is 1. The zero-order valence-electron chi connectivity index (χ0n) is 10.6. The number of hydrogen-bond donors (Lipinski definition) is 2. The summed E-state index contributed by atoms with van der Waals surface area (Å²) in [5.41, 5.74) is 8.51. The zero-order chi connectivity index (χ0) is 13.3. The van der Waals surface area contributed by atoms with Crippen LogP contribution in [0.4, 0.5) is 11.4 Å². The standard InChI is InChI=1S/C13H15N3O2/c1-7-6-10(14)4-5-11(7)16-13(17)12-8(2)15-9(3)18-12/h4-6H,14H2,1-3H3,(H,16,17). The second kappa shape index (κ2) is 4.52. The summed E-state index contributed by atoms with van der Waals surface area (Å²) in [5, 5.41) is 2.78. The van der Waals surface area contributed by atoms with Gasteiger partial charge in [0.05, 0.1) is 5.69 Å². The molecule has 0 saturated heterocycles. The van der Waals surface area contributed by atoms with Crippen LogP contribution in [-0.4, -0.2) is 10.9 Å². The Morgan fingerprint density at radius 2 is 2.06 bits per heavy atom. The molecule has 2 rings (SSSR count). The molecule has 0 spiro atoms. The first-order valence-electron chi connectivity index (χ1n) is 5.59. The summed E-state index contributed by atoms with van der Waals surface area (Å²) in [6.07, 6.45) is 0. The fourth-order valence-corrected chi connectivity index (χ4v) is 1.75. The second-order valence-electron chi connectivity index (χ2n) is 4.18. The zero-order valence-corrected chi connectivity index (χ0v) is 10.6. The van der Waals surface area contributed by atoms with Crippen molar-refractivity contribution in [2.24, 2.45) is 0 Å². The van der Waals surface area contributed by atoms with E-state index in [9.17, 15) is 4.79 Å². The molecule has 1 aromatic carbocycles. The Morgan fingerprint density at radius 1 is 1.33 bits per heavy atom. The fourth-order valence-electron chi connectivity index (χ4n) is 1.75. The molecule has 0 fully saturated rings. The van der Waals surface area contributed by atoms with Crippen LogP contribution in [0.5, 0.6) is 0 Å². The highest BCUT2D eigenvalue weighted by Crippen LogP contribution is 2.19. The molecule has 5 heteroatoms. The fraction of sp³-hybridized carbons (Fsp3) is 0.231. The number of hydrogen-bond acceptors (Lipinski definition) is 4. The molecule has 18 heavy (non-hydrogen) atoms. The van der Waals surface area contributed by atoms with Crippen molar-refractivity contribution in [1.29, 1.82) is 0 Å². The average Bonchev–Trinajstić information content (AvgIpc) is 2.62. The van der Waals surface area contributed by atoms with Gasteiger partial charge in [0, 0.05) is 18.3 Å². The number of benzene rings is 1. The molecule has 0 saturated carbocycles. The summed E-state index contributed by atoms with van der Waals surface area (Å²) in [5.74, 6) is 0.413. The molecule has 0 bridgehead atoms. The van der Waals surface area contributed by atoms with E-state index in [1.807, 2.05) is 6.92 Å². The molecular weight excluding hydrogens is 230 g/mol. The first-order valence-corrected chi connectivity index (χ1v) is 5.59. The minimum absolute atomic E-state index is 0.240. The Bertz CT molecular complexity index is 602. The van der Waals surface area contributed by atoms with E-state index < -0.39 is 0 Å². The van der Waals surface area contributed by atoms with Crippen LogP contribution in [0, 0.1) is 20.8 Å². The molecule has 2 aromatic rings. The molecule has 94 valence electrons. The van der Waals surface area contributed by atoms with E-state index in [1.54, 1.807) is 32.0 Å². The first-order chi connectivity index (χ1) is 8.47. The van der Waals surface area contributed by atoms with Gasteiger partial charge in [-0.3, -0.25) is 4.79 Å². The summed E-state index contributed by atoms with van der Waals surface area (Å²) >= 11 is 0. The van der Waals surface area contributed by atoms with E-state index in [1.165, 1.54) is 0 Å². The lowest BCUT2D eigenvalue weighted by molar-refractivity contribution is 0.0994. The van der Waals surface area contributed by atoms with Crippen molar-refractivity contribution in [2.45, 2.75) is 20.8 Å². The van der Waals surface area contributed by atoms with Crippen molar-refractivity contribution in [3.8, 4) is 0 Å². The van der Waals surface area contributed by atoms with Gasteiger partial charge in [-0.25, -0.2) is 4.98 Å². The number of oxazole rings is 1. The predicted molar refractivity (Wildman–Crippen MR) is 69.5 cm³/mol. The molecule has 1 aromatic heterocycles. The molecule has 0 radical (unpaired) electrons. The van der Waals surface area contributed by atoms with Crippen LogP contribution in [0.3, 0.4) is 0 Å². The van der Waals surface area contributed by atoms with Gasteiger partial charge in [-0.1, -0.05) is 0 Å². The lowest BCUT2D eigenvalue weighted by Crippen LogP contribution is -2.13. The lowest BCUT2D eigenvalue weighted by atomic mass is 10.2. The Hall–Kier alpha value is -2.30. The van der Waals surface area contributed by atoms with Gasteiger partial charge >= 0.3 is 0 Å². The van der Waals surface area contributed by atoms with Crippen molar-refractivity contribution in [2.75, 3.05) is 11.1 Å². The van der Waals surface area contributed by atoms with E-state index in [0.29, 0.717) is 23.0 Å². The van der Waals surface area contributed by atoms with Crippen molar-refractivity contribution in [3.63, 3.8) is 0 Å². The summed E-state index contributed by atoms with van der Waals surface area (Å²) in [6.45, 7) is 5.32. The molecule has 0 unspecified atom stereocenters. The topological polar surface area (TPSA) is 81.2 Å². The quantitative estimate of drug-likeness (QED) is 0.796. The highest BCUT2D eigenvalue weighted by atomic mass is 16.4. The van der Waals surface area contributed by atoms with E-state index in [2.05, 4.69) is 10.3 Å². The van der Waals surface area contributed by atoms with Crippen molar-refractivity contribution in [1.82, 2.24) is 4.98 Å². The van der Waals surface area contributed by atoms with Crippen LogP contribution >= 0.6 is 0 Å². The van der Waals surface area contributed by atoms with E-state index in [4.69, 9.17) is 10.2 Å². The number of rotatable bonds is 2. The van der Waals surface area contributed by atoms with Crippen LogP contribution in [0.25, 0.3) is 0 Å². The number of nitrogens with two attached hydrogens (primary N) is 1. The summed E-state index contributed by atoms with van der Waals surface area (Å²) in [4.78, 5) is 16.1. The van der Waals surface area contributed by atoms with Gasteiger partial charge in [0.1, 0.15) is 0 Å². The molecule has 0 aliphatic heterocycles. The van der Waals surface area contributed by atoms with Crippen molar-refractivity contribution in [3.05, 3.63) is 41.1 Å². The highest BCUT2D eigenvalue weighted by Gasteiger charge is 2.16. The minimum Gasteiger partial charge on any atom is -0.436 e. The Labute approximate surface area is 105 Å². The average molecular weight is 245 g/mol. The molecule has 1 amide bonds. The van der Waals surface area contributed by atoms with Crippen LogP contribution in [0.15, 0.2) is 22.6 Å². The third-order valence-corrected chi connectivity index (χ3v) is 2.61. The number of carbonyl (C=O) groups excluding carboxylic acids is 1. The van der Waals surface area contributed by atoms with Gasteiger partial charge in [-0.15, -0.1) is 0 Å². The molecular formula is C13H15N3O2. The maximum atomic E-state index is 12.0. The number of nitrogen functional groups attached to an aromatic ring is 1. The number of nitrogens with one attached hydrogen (secondary N) is 1. The number of amides is 1. The smallest absolute Gasteiger partial charge is 0.293 e. The van der Waals surface area contributed by atoms with E-state index in [-0.39, 0.29) is 11.7 Å². The highest BCUT2D eigenvalue weighted by molar-refractivity contribution is 6.03. The van der Waals surface area contributed by atoms with Crippen LogP contribution in [-0.2, 0) is 0 Å². The third kappa shape index (κ3) is 2.34. The van der Waals surface area contributed by atoms with Gasteiger partial charge in [-0.2, -0.15) is 0 Å². The molecule has 0 atom stereocenters. The van der Waals surface area contributed by atoms with Crippen LogP contribution in [0.2, 0.25) is 0 Å². The number of nitrogens with zero attached hydrogens (tertiary/aromatic N) is 1. The third-order valence-electron chi connectivity index (χ3n) is 2.61. The summed E-state index contributed by atoms with van der Waals surface area (Å²) in [6, 6.07) is 5.30. The monoisotopic (exact) mass is 245 g/mol. The largest absolute Gasteiger partial charge is 0.436 e. The molecule has 1 heterocycles. The number of anilines is 2. The molecule has 0 aliphatic carbocycles. The molecule has 3 N–H and O–H groups in total. The molecule has 5 nitrogen and oxygen atoms in total. The minimum atomic E-state index is -0.305. The number of carbonyl (C=O) groups is 1. The van der Waals surface area contributed by atoms with Gasteiger partial charge in [0.2, 0.25) is 5.76 Å². The lowest BCUT2D eigenvalue weighted by Gasteiger charge is -2.07. The molecule has 0 aliphatic rings. The predicted octanol–water partition coefficient (Wildman–Crippen LogP) is 2.43. The Balaban J connectivity index is 2.24. The van der Waals surface area contributed by atoms with Crippen molar-refractivity contribution < 1.29 is 9.21 Å². The van der Waals surface area contributed by atoms with Crippen LogP contribution < -0.4 is 11.1 Å². The Morgan fingerprint density at radius 3 is 2.61 bits per heavy atom. The second-order valence-corrected chi connectivity index (χ2v) is 4.18. The van der Waals surface area contributed by atoms with Gasteiger partial charge in [-0.05, 0) is 37.6 Å². The van der Waals surface area contributed by atoms with E-state index in [0.717, 1.165) is 5.56 Å². The SMILES string of the molecule is Cc1nc(C)c(C(=O)Nc2ccc(N)cc2C)o1. The summed E-state index contributed by atoms with van der Waals surface area (Å²) < 4.78 is 5.26. The first kappa shape index (κ1) is 12.2. The van der Waals surface area contributed by atoms with Gasteiger partial charge in [0.25, 0.3) is 5.91 Å². The van der Waals surface area contributed by atoms with Gasteiger partial charge < -0.3 is 15.5 Å². The Kier molecular flexibility index (Phi) is 3.06. The maximum absolute atomic E-state index is 12.0. The van der Waals surface area contributed by atoms with E-state index >= 15 is 0 Å². The maximum Gasteiger partial charge on any atom is 0.293 e. The normalized spacial score (nSPS) is 10.4. The van der Waals surface area contributed by atoms with Crippen LogP contribution in [0.1, 0.15) is 27.7 Å². The summed E-state index contributed by atoms with van der Waals surface area (Å²) in [7, 11) is 0.